The standard InChI is InChI=1S/C13H14N4O3S/c14-9-4-8(5-10(15)6-9)13(18)17-11-2-1-3-12(7-11)21(16,19)20/h1-7H,14-15H2,(H,17,18)(H2,16,19,20). The third-order valence-corrected chi connectivity index (χ3v) is 3.57. The van der Waals surface area contributed by atoms with Crippen molar-refractivity contribution in [1.82, 2.24) is 0 Å². The number of amides is 1. The summed E-state index contributed by atoms with van der Waals surface area (Å²) in [5.41, 5.74) is 12.5. The molecule has 110 valence electrons. The quantitative estimate of drug-likeness (QED) is 0.619. The number of carbonyl (C=O) groups excluding carboxylic acids is 1. The van der Waals surface area contributed by atoms with Gasteiger partial charge in [0.25, 0.3) is 5.91 Å². The number of benzene rings is 2. The highest BCUT2D eigenvalue weighted by molar-refractivity contribution is 7.89. The summed E-state index contributed by atoms with van der Waals surface area (Å²) >= 11 is 0. The second kappa shape index (κ2) is 5.43. The number of sulfonamides is 1. The van der Waals surface area contributed by atoms with E-state index in [9.17, 15) is 13.2 Å². The van der Waals surface area contributed by atoms with Crippen molar-refractivity contribution in [2.45, 2.75) is 4.90 Å². The van der Waals surface area contributed by atoms with Crippen LogP contribution in [0.15, 0.2) is 47.4 Å². The summed E-state index contributed by atoms with van der Waals surface area (Å²) in [5, 5.41) is 7.59. The van der Waals surface area contributed by atoms with Gasteiger partial charge in [-0.25, -0.2) is 13.6 Å². The van der Waals surface area contributed by atoms with Crippen molar-refractivity contribution in [3.8, 4) is 0 Å². The zero-order valence-electron chi connectivity index (χ0n) is 10.9. The van der Waals surface area contributed by atoms with Crippen LogP contribution in [0.4, 0.5) is 17.1 Å². The molecule has 0 aliphatic heterocycles. The first-order valence-corrected chi connectivity index (χ1v) is 7.40. The fourth-order valence-electron chi connectivity index (χ4n) is 1.76. The lowest BCUT2D eigenvalue weighted by Gasteiger charge is -2.08. The van der Waals surface area contributed by atoms with Gasteiger partial charge in [-0.3, -0.25) is 4.79 Å². The predicted octanol–water partition coefficient (Wildman–Crippen LogP) is 0.751. The molecule has 0 aromatic heterocycles. The van der Waals surface area contributed by atoms with Gasteiger partial charge in [-0.1, -0.05) is 6.07 Å². The number of rotatable bonds is 3. The second-order valence-corrected chi connectivity index (χ2v) is 5.98. The number of anilines is 3. The van der Waals surface area contributed by atoms with Crippen LogP contribution < -0.4 is 21.9 Å². The summed E-state index contributed by atoms with van der Waals surface area (Å²) < 4.78 is 22.5. The van der Waals surface area contributed by atoms with E-state index in [2.05, 4.69) is 5.32 Å². The minimum absolute atomic E-state index is 0.0904. The topological polar surface area (TPSA) is 141 Å². The number of nitrogens with one attached hydrogen (secondary N) is 1. The highest BCUT2D eigenvalue weighted by atomic mass is 32.2. The van der Waals surface area contributed by atoms with E-state index in [1.165, 1.54) is 36.4 Å². The molecule has 0 saturated carbocycles. The molecule has 0 aliphatic carbocycles. The first-order chi connectivity index (χ1) is 9.75. The van der Waals surface area contributed by atoms with Gasteiger partial charge in [0.1, 0.15) is 0 Å². The number of hydrogen-bond acceptors (Lipinski definition) is 5. The van der Waals surface area contributed by atoms with E-state index in [1.54, 1.807) is 6.07 Å². The highest BCUT2D eigenvalue weighted by Gasteiger charge is 2.11. The average Bonchev–Trinajstić information content (AvgIpc) is 2.37. The molecule has 0 spiro atoms. The highest BCUT2D eigenvalue weighted by Crippen LogP contribution is 2.18. The van der Waals surface area contributed by atoms with Gasteiger partial charge in [-0.05, 0) is 36.4 Å². The maximum absolute atomic E-state index is 12.1. The van der Waals surface area contributed by atoms with Gasteiger partial charge in [0.15, 0.2) is 0 Å². The zero-order chi connectivity index (χ0) is 15.6. The monoisotopic (exact) mass is 306 g/mol. The van der Waals surface area contributed by atoms with Gasteiger partial charge in [0.05, 0.1) is 4.90 Å². The van der Waals surface area contributed by atoms with Gasteiger partial charge in [-0.15, -0.1) is 0 Å². The molecule has 0 saturated heterocycles. The summed E-state index contributed by atoms with van der Waals surface area (Å²) in [7, 11) is -3.83. The van der Waals surface area contributed by atoms with Crippen LogP contribution in [0.1, 0.15) is 10.4 Å². The Morgan fingerprint density at radius 3 is 2.19 bits per heavy atom. The Labute approximate surface area is 121 Å². The maximum atomic E-state index is 12.1. The summed E-state index contributed by atoms with van der Waals surface area (Å²) in [6, 6.07) is 10.1. The lowest BCUT2D eigenvalue weighted by Crippen LogP contribution is -2.15. The van der Waals surface area contributed by atoms with Gasteiger partial charge < -0.3 is 16.8 Å². The predicted molar refractivity (Wildman–Crippen MR) is 81.0 cm³/mol. The molecule has 2 rings (SSSR count). The Morgan fingerprint density at radius 1 is 1.00 bits per heavy atom. The zero-order valence-corrected chi connectivity index (χ0v) is 11.7. The summed E-state index contributed by atoms with van der Waals surface area (Å²) in [5.74, 6) is -0.458. The Balaban J connectivity index is 2.28. The van der Waals surface area contributed by atoms with E-state index in [0.29, 0.717) is 17.1 Å². The van der Waals surface area contributed by atoms with Crippen molar-refractivity contribution in [2.24, 2.45) is 5.14 Å². The largest absolute Gasteiger partial charge is 0.399 e. The lowest BCUT2D eigenvalue weighted by molar-refractivity contribution is 0.102. The molecule has 0 heterocycles. The number of nitrogen functional groups attached to an aromatic ring is 2. The number of nitrogens with two attached hydrogens (primary N) is 3. The molecule has 21 heavy (non-hydrogen) atoms. The molecule has 0 aliphatic rings. The molecule has 0 radical (unpaired) electrons. The third-order valence-electron chi connectivity index (χ3n) is 2.66. The lowest BCUT2D eigenvalue weighted by atomic mass is 10.1. The molecule has 0 bridgehead atoms. The molecule has 0 unspecified atom stereocenters. The molecule has 8 heteroatoms. The van der Waals surface area contributed by atoms with E-state index in [1.807, 2.05) is 0 Å². The van der Waals surface area contributed by atoms with E-state index in [-0.39, 0.29) is 10.5 Å². The summed E-state index contributed by atoms with van der Waals surface area (Å²) in [4.78, 5) is 12.0. The summed E-state index contributed by atoms with van der Waals surface area (Å²) in [6.07, 6.45) is 0. The minimum atomic E-state index is -3.83. The van der Waals surface area contributed by atoms with Gasteiger partial charge >= 0.3 is 0 Å². The molecular weight excluding hydrogens is 292 g/mol. The number of hydrogen-bond donors (Lipinski definition) is 4. The van der Waals surface area contributed by atoms with Crippen molar-refractivity contribution >= 4 is 33.0 Å². The molecule has 7 N–H and O–H groups in total. The molecular formula is C13H14N4O3S. The van der Waals surface area contributed by atoms with Crippen molar-refractivity contribution < 1.29 is 13.2 Å². The molecule has 0 atom stereocenters. The van der Waals surface area contributed by atoms with Crippen molar-refractivity contribution in [2.75, 3.05) is 16.8 Å². The first-order valence-electron chi connectivity index (χ1n) is 5.86. The van der Waals surface area contributed by atoms with Crippen LogP contribution >= 0.6 is 0 Å². The average molecular weight is 306 g/mol. The molecule has 0 fully saturated rings. The Morgan fingerprint density at radius 2 is 1.62 bits per heavy atom. The van der Waals surface area contributed by atoms with Crippen LogP contribution in [0, 0.1) is 0 Å². The van der Waals surface area contributed by atoms with Crippen LogP contribution in [-0.4, -0.2) is 14.3 Å². The van der Waals surface area contributed by atoms with Crippen LogP contribution in [0.25, 0.3) is 0 Å². The Kier molecular flexibility index (Phi) is 3.83. The van der Waals surface area contributed by atoms with E-state index in [0.717, 1.165) is 0 Å². The summed E-state index contributed by atoms with van der Waals surface area (Å²) in [6.45, 7) is 0. The first kappa shape index (κ1) is 14.8. The maximum Gasteiger partial charge on any atom is 0.255 e. The van der Waals surface area contributed by atoms with Gasteiger partial charge in [-0.2, -0.15) is 0 Å². The smallest absolute Gasteiger partial charge is 0.255 e. The fourth-order valence-corrected chi connectivity index (χ4v) is 2.32. The van der Waals surface area contributed by atoms with E-state index in [4.69, 9.17) is 16.6 Å². The van der Waals surface area contributed by atoms with Gasteiger partial charge in [0, 0.05) is 22.6 Å². The second-order valence-electron chi connectivity index (χ2n) is 4.42. The molecule has 1 amide bonds. The number of carbonyl (C=O) groups is 1. The molecule has 2 aromatic rings. The van der Waals surface area contributed by atoms with E-state index >= 15 is 0 Å². The number of primary sulfonamides is 1. The van der Waals surface area contributed by atoms with E-state index < -0.39 is 15.9 Å². The van der Waals surface area contributed by atoms with Gasteiger partial charge in [0.2, 0.25) is 10.0 Å². The van der Waals surface area contributed by atoms with Crippen LogP contribution in [0.2, 0.25) is 0 Å². The van der Waals surface area contributed by atoms with Crippen LogP contribution in [-0.2, 0) is 10.0 Å². The minimum Gasteiger partial charge on any atom is -0.399 e. The van der Waals surface area contributed by atoms with Crippen molar-refractivity contribution in [3.63, 3.8) is 0 Å². The molecule has 7 nitrogen and oxygen atoms in total. The Bertz CT molecular complexity index is 783. The van der Waals surface area contributed by atoms with Crippen molar-refractivity contribution in [3.05, 3.63) is 48.0 Å². The fraction of sp³-hybridized carbons (Fsp3) is 0. The van der Waals surface area contributed by atoms with Crippen LogP contribution in [0.5, 0.6) is 0 Å². The Hall–Kier alpha value is -2.58. The third kappa shape index (κ3) is 3.71. The normalized spacial score (nSPS) is 11.1. The molecule has 2 aromatic carbocycles. The van der Waals surface area contributed by atoms with Crippen LogP contribution in [0.3, 0.4) is 0 Å². The SMILES string of the molecule is Nc1cc(N)cc(C(=O)Nc2cccc(S(N)(=O)=O)c2)c1. The van der Waals surface area contributed by atoms with Crippen molar-refractivity contribution in [1.29, 1.82) is 0 Å².